The van der Waals surface area contributed by atoms with Crippen LogP contribution in [0.5, 0.6) is 0 Å². The van der Waals surface area contributed by atoms with Gasteiger partial charge in [0.1, 0.15) is 0 Å². The van der Waals surface area contributed by atoms with Crippen molar-refractivity contribution in [2.24, 2.45) is 11.7 Å². The molecule has 2 nitrogen and oxygen atoms in total. The lowest BCUT2D eigenvalue weighted by molar-refractivity contribution is 0.223. The van der Waals surface area contributed by atoms with Gasteiger partial charge in [-0.15, -0.1) is 0 Å². The predicted octanol–water partition coefficient (Wildman–Crippen LogP) is 2.58. The van der Waals surface area contributed by atoms with Gasteiger partial charge in [0.05, 0.1) is 0 Å². The number of benzene rings is 1. The molecule has 0 saturated carbocycles. The topological polar surface area (TPSA) is 29.3 Å². The predicted molar refractivity (Wildman–Crippen MR) is 70.4 cm³/mol. The molecule has 0 aliphatic carbocycles. The summed E-state index contributed by atoms with van der Waals surface area (Å²) in [6, 6.07) is 8.97. The average Bonchev–Trinajstić information content (AvgIpc) is 2.17. The molecule has 0 bridgehead atoms. The van der Waals surface area contributed by atoms with Crippen LogP contribution >= 0.6 is 0 Å². The van der Waals surface area contributed by atoms with Crippen LogP contribution in [0.2, 0.25) is 0 Å². The van der Waals surface area contributed by atoms with E-state index in [9.17, 15) is 0 Å². The van der Waals surface area contributed by atoms with Crippen LogP contribution in [0.1, 0.15) is 31.0 Å². The Bertz CT molecular complexity index is 320. The molecule has 0 radical (unpaired) electrons. The number of hydrogen-bond acceptors (Lipinski definition) is 2. The van der Waals surface area contributed by atoms with Crippen LogP contribution in [-0.2, 0) is 0 Å². The van der Waals surface area contributed by atoms with Gasteiger partial charge in [-0.1, -0.05) is 43.7 Å². The van der Waals surface area contributed by atoms with Gasteiger partial charge in [-0.25, -0.2) is 0 Å². The zero-order chi connectivity index (χ0) is 12.1. The third-order valence-corrected chi connectivity index (χ3v) is 2.84. The SMILES string of the molecule is Cc1cccc(C(CN)N(C)CC(C)C)c1. The van der Waals surface area contributed by atoms with E-state index in [4.69, 9.17) is 5.73 Å². The number of nitrogens with zero attached hydrogens (tertiary/aromatic N) is 1. The lowest BCUT2D eigenvalue weighted by Gasteiger charge is -2.29. The van der Waals surface area contributed by atoms with Crippen molar-refractivity contribution in [3.05, 3.63) is 35.4 Å². The molecule has 0 fully saturated rings. The lowest BCUT2D eigenvalue weighted by atomic mass is 10.0. The summed E-state index contributed by atoms with van der Waals surface area (Å²) in [5.41, 5.74) is 8.51. The first-order valence-corrected chi connectivity index (χ1v) is 6.01. The summed E-state index contributed by atoms with van der Waals surface area (Å²) in [6.07, 6.45) is 0. The van der Waals surface area contributed by atoms with Gasteiger partial charge < -0.3 is 5.73 Å². The summed E-state index contributed by atoms with van der Waals surface area (Å²) in [5, 5.41) is 0. The van der Waals surface area contributed by atoms with E-state index in [1.807, 2.05) is 0 Å². The molecular weight excluding hydrogens is 196 g/mol. The van der Waals surface area contributed by atoms with Crippen molar-refractivity contribution in [1.82, 2.24) is 4.90 Å². The van der Waals surface area contributed by atoms with Gasteiger partial charge >= 0.3 is 0 Å². The van der Waals surface area contributed by atoms with Crippen molar-refractivity contribution in [1.29, 1.82) is 0 Å². The van der Waals surface area contributed by atoms with E-state index in [1.165, 1.54) is 11.1 Å². The summed E-state index contributed by atoms with van der Waals surface area (Å²) < 4.78 is 0. The minimum absolute atomic E-state index is 0.335. The average molecular weight is 220 g/mol. The van der Waals surface area contributed by atoms with Crippen LogP contribution in [0.3, 0.4) is 0 Å². The molecule has 1 unspecified atom stereocenters. The van der Waals surface area contributed by atoms with E-state index < -0.39 is 0 Å². The van der Waals surface area contributed by atoms with Crippen molar-refractivity contribution >= 4 is 0 Å². The number of likely N-dealkylation sites (N-methyl/N-ethyl adjacent to an activating group) is 1. The second kappa shape index (κ2) is 6.02. The van der Waals surface area contributed by atoms with Gasteiger partial charge in [0, 0.05) is 19.1 Å². The minimum Gasteiger partial charge on any atom is -0.329 e. The minimum atomic E-state index is 0.335. The van der Waals surface area contributed by atoms with E-state index in [1.54, 1.807) is 0 Å². The quantitative estimate of drug-likeness (QED) is 0.826. The Hall–Kier alpha value is -0.860. The smallest absolute Gasteiger partial charge is 0.0467 e. The summed E-state index contributed by atoms with van der Waals surface area (Å²) in [7, 11) is 2.15. The van der Waals surface area contributed by atoms with Gasteiger partial charge in [-0.2, -0.15) is 0 Å². The number of aryl methyl sites for hydroxylation is 1. The first-order chi connectivity index (χ1) is 7.54. The molecule has 0 aliphatic heterocycles. The number of rotatable bonds is 5. The Morgan fingerprint density at radius 1 is 1.31 bits per heavy atom. The molecule has 0 saturated heterocycles. The fraction of sp³-hybridized carbons (Fsp3) is 0.571. The molecule has 1 atom stereocenters. The van der Waals surface area contributed by atoms with Gasteiger partial charge in [-0.3, -0.25) is 4.90 Å². The highest BCUT2D eigenvalue weighted by atomic mass is 15.1. The van der Waals surface area contributed by atoms with E-state index in [0.717, 1.165) is 6.54 Å². The van der Waals surface area contributed by atoms with Crippen LogP contribution < -0.4 is 5.73 Å². The summed E-state index contributed by atoms with van der Waals surface area (Å²) in [6.45, 7) is 8.35. The second-order valence-corrected chi connectivity index (χ2v) is 5.00. The van der Waals surface area contributed by atoms with Crippen LogP contribution in [0.15, 0.2) is 24.3 Å². The lowest BCUT2D eigenvalue weighted by Crippen LogP contribution is -2.33. The highest BCUT2D eigenvalue weighted by molar-refractivity contribution is 5.25. The molecule has 0 amide bonds. The summed E-state index contributed by atoms with van der Waals surface area (Å²) >= 11 is 0. The maximum atomic E-state index is 5.89. The standard InChI is InChI=1S/C14H24N2/c1-11(2)10-16(4)14(9-15)13-7-5-6-12(3)8-13/h5-8,11,14H,9-10,15H2,1-4H3. The largest absolute Gasteiger partial charge is 0.329 e. The highest BCUT2D eigenvalue weighted by Gasteiger charge is 2.15. The van der Waals surface area contributed by atoms with Gasteiger partial charge in [0.25, 0.3) is 0 Å². The van der Waals surface area contributed by atoms with E-state index in [-0.39, 0.29) is 0 Å². The first-order valence-electron chi connectivity index (χ1n) is 6.01. The third kappa shape index (κ3) is 3.62. The molecule has 2 heteroatoms. The molecule has 90 valence electrons. The van der Waals surface area contributed by atoms with Gasteiger partial charge in [0.2, 0.25) is 0 Å². The molecule has 1 rings (SSSR count). The van der Waals surface area contributed by atoms with Gasteiger partial charge in [0.15, 0.2) is 0 Å². The Balaban J connectivity index is 2.81. The Morgan fingerprint density at radius 3 is 2.50 bits per heavy atom. The molecule has 1 aromatic rings. The number of nitrogens with two attached hydrogens (primary N) is 1. The van der Waals surface area contributed by atoms with Crippen LogP contribution in [0.25, 0.3) is 0 Å². The molecule has 2 N–H and O–H groups in total. The van der Waals surface area contributed by atoms with Crippen molar-refractivity contribution < 1.29 is 0 Å². The Morgan fingerprint density at radius 2 is 2.00 bits per heavy atom. The van der Waals surface area contributed by atoms with E-state index in [2.05, 4.69) is 57.0 Å². The normalized spacial score (nSPS) is 13.4. The molecule has 0 aliphatic rings. The van der Waals surface area contributed by atoms with E-state index >= 15 is 0 Å². The van der Waals surface area contributed by atoms with Crippen molar-refractivity contribution in [2.75, 3.05) is 20.1 Å². The molecule has 0 aromatic heterocycles. The monoisotopic (exact) mass is 220 g/mol. The highest BCUT2D eigenvalue weighted by Crippen LogP contribution is 2.20. The van der Waals surface area contributed by atoms with Crippen LogP contribution in [-0.4, -0.2) is 25.0 Å². The Kier molecular flexibility index (Phi) is 4.97. The molecule has 1 aromatic carbocycles. The third-order valence-electron chi connectivity index (χ3n) is 2.84. The van der Waals surface area contributed by atoms with E-state index in [0.29, 0.717) is 18.5 Å². The molecule has 0 heterocycles. The maximum absolute atomic E-state index is 5.89. The van der Waals surface area contributed by atoms with Crippen molar-refractivity contribution in [2.45, 2.75) is 26.8 Å². The second-order valence-electron chi connectivity index (χ2n) is 5.00. The Labute approximate surface area is 99.5 Å². The van der Waals surface area contributed by atoms with Crippen LogP contribution in [0.4, 0.5) is 0 Å². The fourth-order valence-corrected chi connectivity index (χ4v) is 2.15. The summed E-state index contributed by atoms with van der Waals surface area (Å²) in [5.74, 6) is 0.670. The van der Waals surface area contributed by atoms with Crippen LogP contribution in [0, 0.1) is 12.8 Å². The summed E-state index contributed by atoms with van der Waals surface area (Å²) in [4.78, 5) is 2.35. The molecule has 16 heavy (non-hydrogen) atoms. The molecule has 0 spiro atoms. The zero-order valence-corrected chi connectivity index (χ0v) is 10.9. The zero-order valence-electron chi connectivity index (χ0n) is 10.9. The fourth-order valence-electron chi connectivity index (χ4n) is 2.15. The number of hydrogen-bond donors (Lipinski definition) is 1. The first kappa shape index (κ1) is 13.2. The van der Waals surface area contributed by atoms with Gasteiger partial charge in [-0.05, 0) is 25.5 Å². The van der Waals surface area contributed by atoms with Crippen molar-refractivity contribution in [3.63, 3.8) is 0 Å². The molecular formula is C14H24N2. The maximum Gasteiger partial charge on any atom is 0.0467 e. The van der Waals surface area contributed by atoms with Crippen molar-refractivity contribution in [3.8, 4) is 0 Å².